The second-order valence-electron chi connectivity index (χ2n) is 7.00. The Morgan fingerprint density at radius 2 is 2.07 bits per heavy atom. The highest BCUT2D eigenvalue weighted by atomic mass is 16.5. The lowest BCUT2D eigenvalue weighted by Crippen LogP contribution is -2.28. The van der Waals surface area contributed by atoms with E-state index in [1.165, 1.54) is 10.5 Å². The Bertz CT molecular complexity index is 1160. The Balaban J connectivity index is 1.45. The van der Waals surface area contributed by atoms with Crippen molar-refractivity contribution >= 4 is 11.6 Å². The largest absolute Gasteiger partial charge is 0.458 e. The van der Waals surface area contributed by atoms with Crippen LogP contribution in [-0.4, -0.2) is 29.7 Å². The number of carbonyl (C=O) groups excluding carboxylic acids is 1. The molecule has 0 amide bonds. The molecule has 3 aromatic rings. The van der Waals surface area contributed by atoms with E-state index in [1.54, 1.807) is 16.8 Å². The number of aromatic nitrogens is 5. The average Bonchev–Trinajstić information content (AvgIpc) is 2.84. The van der Waals surface area contributed by atoms with Crippen molar-refractivity contribution in [2.45, 2.75) is 52.3 Å². The van der Waals surface area contributed by atoms with E-state index < -0.39 is 5.97 Å². The number of hydrogen-bond acceptors (Lipinski definition) is 6. The number of ether oxygens (including phenoxy) is 1. The lowest BCUT2D eigenvalue weighted by Gasteiger charge is -2.06. The molecule has 9 nitrogen and oxygen atoms in total. The van der Waals surface area contributed by atoms with Crippen molar-refractivity contribution in [3.05, 3.63) is 62.3 Å². The van der Waals surface area contributed by atoms with Gasteiger partial charge in [0.25, 0.3) is 5.56 Å². The molecule has 28 heavy (non-hydrogen) atoms. The molecule has 0 saturated carbocycles. The molecular formula is C19H21N5O4. The zero-order valence-corrected chi connectivity index (χ0v) is 15.6. The van der Waals surface area contributed by atoms with E-state index in [2.05, 4.69) is 10.1 Å². The maximum atomic E-state index is 12.4. The SMILES string of the molecule is Cc1ccc2nc(COC(=O)Cn3nc4n(c3=O)CCCCC4)cc(=O)n2c1. The van der Waals surface area contributed by atoms with Crippen molar-refractivity contribution in [2.24, 2.45) is 0 Å². The minimum Gasteiger partial charge on any atom is -0.458 e. The molecule has 0 atom stereocenters. The maximum absolute atomic E-state index is 12.4. The van der Waals surface area contributed by atoms with Crippen LogP contribution in [0.1, 0.15) is 36.3 Å². The van der Waals surface area contributed by atoms with E-state index in [-0.39, 0.29) is 24.4 Å². The number of fused-ring (bicyclic) bond motifs is 2. The fourth-order valence-electron chi connectivity index (χ4n) is 3.38. The first-order valence-electron chi connectivity index (χ1n) is 9.32. The molecule has 1 aliphatic rings. The molecule has 0 spiro atoms. The molecule has 0 N–H and O–H groups in total. The lowest BCUT2D eigenvalue weighted by atomic mass is 10.2. The van der Waals surface area contributed by atoms with Gasteiger partial charge in [-0.2, -0.15) is 5.10 Å². The lowest BCUT2D eigenvalue weighted by molar-refractivity contribution is -0.146. The Labute approximate surface area is 160 Å². The van der Waals surface area contributed by atoms with E-state index in [4.69, 9.17) is 4.74 Å². The van der Waals surface area contributed by atoms with Gasteiger partial charge >= 0.3 is 11.7 Å². The minimum atomic E-state index is -0.596. The third-order valence-electron chi connectivity index (χ3n) is 4.80. The third kappa shape index (κ3) is 3.60. The number of hydrogen-bond donors (Lipinski definition) is 0. The summed E-state index contributed by atoms with van der Waals surface area (Å²) in [6, 6.07) is 4.93. The first-order valence-corrected chi connectivity index (χ1v) is 9.32. The smallest absolute Gasteiger partial charge is 0.346 e. The molecule has 0 unspecified atom stereocenters. The quantitative estimate of drug-likeness (QED) is 0.619. The second kappa shape index (κ2) is 7.41. The summed E-state index contributed by atoms with van der Waals surface area (Å²) in [5.41, 5.74) is 1.26. The number of nitrogens with zero attached hydrogens (tertiary/aromatic N) is 5. The van der Waals surface area contributed by atoms with Gasteiger partial charge in [0.05, 0.1) is 5.69 Å². The summed E-state index contributed by atoms with van der Waals surface area (Å²) in [6.07, 6.45) is 5.44. The van der Waals surface area contributed by atoms with Crippen molar-refractivity contribution in [1.82, 2.24) is 23.7 Å². The summed E-state index contributed by atoms with van der Waals surface area (Å²) in [7, 11) is 0. The standard InChI is InChI=1S/C19H21N5O4/c1-13-6-7-15-20-14(9-17(25)23(15)10-13)12-28-18(26)11-24-19(27)22-8-4-2-3-5-16(22)21-24/h6-7,9-10H,2-5,8,11-12H2,1H3. The van der Waals surface area contributed by atoms with Crippen LogP contribution in [0.25, 0.3) is 5.65 Å². The van der Waals surface area contributed by atoms with Crippen LogP contribution in [0.15, 0.2) is 34.0 Å². The predicted octanol–water partition coefficient (Wildman–Crippen LogP) is 0.831. The van der Waals surface area contributed by atoms with Crippen LogP contribution in [0.2, 0.25) is 0 Å². The van der Waals surface area contributed by atoms with Gasteiger partial charge in [0, 0.05) is 25.2 Å². The first-order chi connectivity index (χ1) is 13.5. The summed E-state index contributed by atoms with van der Waals surface area (Å²) < 4.78 is 9.44. The molecule has 0 saturated heterocycles. The van der Waals surface area contributed by atoms with Crippen molar-refractivity contribution in [3.63, 3.8) is 0 Å². The van der Waals surface area contributed by atoms with E-state index in [1.807, 2.05) is 13.0 Å². The van der Waals surface area contributed by atoms with Crippen molar-refractivity contribution in [2.75, 3.05) is 0 Å². The molecule has 0 aliphatic carbocycles. The van der Waals surface area contributed by atoms with Gasteiger partial charge in [0.2, 0.25) is 0 Å². The number of rotatable bonds is 4. The Morgan fingerprint density at radius 3 is 2.93 bits per heavy atom. The molecule has 0 bridgehead atoms. The zero-order valence-electron chi connectivity index (χ0n) is 15.6. The summed E-state index contributed by atoms with van der Waals surface area (Å²) in [4.78, 5) is 41.1. The highest BCUT2D eigenvalue weighted by Crippen LogP contribution is 2.10. The molecule has 0 aromatic carbocycles. The Kier molecular flexibility index (Phi) is 4.81. The van der Waals surface area contributed by atoms with Crippen LogP contribution in [0.5, 0.6) is 0 Å². The predicted molar refractivity (Wildman–Crippen MR) is 100 cm³/mol. The Hall–Kier alpha value is -3.23. The van der Waals surface area contributed by atoms with E-state index in [9.17, 15) is 14.4 Å². The van der Waals surface area contributed by atoms with Gasteiger partial charge in [-0.15, -0.1) is 0 Å². The summed E-state index contributed by atoms with van der Waals surface area (Å²) in [6.45, 7) is 2.12. The molecule has 4 rings (SSSR count). The zero-order chi connectivity index (χ0) is 19.7. The van der Waals surface area contributed by atoms with Crippen LogP contribution in [0.4, 0.5) is 0 Å². The number of esters is 1. The van der Waals surface area contributed by atoms with Crippen molar-refractivity contribution in [1.29, 1.82) is 0 Å². The van der Waals surface area contributed by atoms with E-state index >= 15 is 0 Å². The topological polar surface area (TPSA) is 100 Å². The van der Waals surface area contributed by atoms with Gasteiger partial charge in [-0.3, -0.25) is 18.6 Å². The average molecular weight is 383 g/mol. The molecule has 1 aliphatic heterocycles. The third-order valence-corrected chi connectivity index (χ3v) is 4.80. The number of aryl methyl sites for hydroxylation is 2. The fourth-order valence-corrected chi connectivity index (χ4v) is 3.38. The molecular weight excluding hydrogens is 362 g/mol. The van der Waals surface area contributed by atoms with Crippen LogP contribution in [0.3, 0.4) is 0 Å². The van der Waals surface area contributed by atoms with Crippen molar-refractivity contribution < 1.29 is 9.53 Å². The monoisotopic (exact) mass is 383 g/mol. The number of pyridine rings is 1. The van der Waals surface area contributed by atoms with Crippen LogP contribution < -0.4 is 11.2 Å². The van der Waals surface area contributed by atoms with E-state index in [0.29, 0.717) is 17.9 Å². The summed E-state index contributed by atoms with van der Waals surface area (Å²) in [5.74, 6) is 0.121. The van der Waals surface area contributed by atoms with Gasteiger partial charge in [0.15, 0.2) is 0 Å². The molecule has 4 heterocycles. The molecule has 0 fully saturated rings. The van der Waals surface area contributed by atoms with Gasteiger partial charge in [-0.25, -0.2) is 14.5 Å². The van der Waals surface area contributed by atoms with Gasteiger partial charge in [-0.1, -0.05) is 12.5 Å². The van der Waals surface area contributed by atoms with Gasteiger partial charge < -0.3 is 4.74 Å². The van der Waals surface area contributed by atoms with Crippen LogP contribution in [0, 0.1) is 6.92 Å². The second-order valence-corrected chi connectivity index (χ2v) is 7.00. The van der Waals surface area contributed by atoms with Crippen LogP contribution >= 0.6 is 0 Å². The summed E-state index contributed by atoms with van der Waals surface area (Å²) in [5, 5.41) is 4.27. The fraction of sp³-hybridized carbons (Fsp3) is 0.421. The minimum absolute atomic E-state index is 0.138. The molecule has 3 aromatic heterocycles. The molecule has 0 radical (unpaired) electrons. The normalized spacial score (nSPS) is 13.9. The number of carbonyl (C=O) groups is 1. The maximum Gasteiger partial charge on any atom is 0.346 e. The molecule has 9 heteroatoms. The first kappa shape index (κ1) is 18.1. The summed E-state index contributed by atoms with van der Waals surface area (Å²) >= 11 is 0. The molecule has 146 valence electrons. The van der Waals surface area contributed by atoms with Crippen LogP contribution in [-0.2, 0) is 35.6 Å². The van der Waals surface area contributed by atoms with Gasteiger partial charge in [-0.05, 0) is 31.4 Å². The highest BCUT2D eigenvalue weighted by molar-refractivity contribution is 5.69. The Morgan fingerprint density at radius 1 is 1.21 bits per heavy atom. The highest BCUT2D eigenvalue weighted by Gasteiger charge is 2.18. The van der Waals surface area contributed by atoms with E-state index in [0.717, 1.165) is 41.8 Å². The van der Waals surface area contributed by atoms with Gasteiger partial charge in [0.1, 0.15) is 24.6 Å². The van der Waals surface area contributed by atoms with Crippen molar-refractivity contribution in [3.8, 4) is 0 Å².